The Balaban J connectivity index is 1.96. The van der Waals surface area contributed by atoms with E-state index in [0.717, 1.165) is 0 Å². The lowest BCUT2D eigenvalue weighted by atomic mass is 9.96. The Morgan fingerprint density at radius 1 is 1.53 bits per heavy atom. The van der Waals surface area contributed by atoms with Crippen molar-refractivity contribution in [2.75, 3.05) is 13.1 Å². The van der Waals surface area contributed by atoms with Crippen LogP contribution < -0.4 is 0 Å². The summed E-state index contributed by atoms with van der Waals surface area (Å²) in [6.45, 7) is 0.988. The Bertz CT molecular complexity index is 458. The number of carbonyl (C=O) groups is 2. The quantitative estimate of drug-likeness (QED) is 0.915. The molecule has 0 atom stereocenters. The van der Waals surface area contributed by atoms with E-state index >= 15 is 0 Å². The van der Waals surface area contributed by atoms with Crippen molar-refractivity contribution in [1.82, 2.24) is 9.88 Å². The Kier molecular flexibility index (Phi) is 3.42. The highest BCUT2D eigenvalue weighted by molar-refractivity contribution is 9.10. The van der Waals surface area contributed by atoms with Gasteiger partial charge in [0.25, 0.3) is 5.91 Å². The first-order valence-corrected chi connectivity index (χ1v) is 5.99. The van der Waals surface area contributed by atoms with E-state index in [1.807, 2.05) is 0 Å². The van der Waals surface area contributed by atoms with Gasteiger partial charge in [-0.3, -0.25) is 9.59 Å². The lowest BCUT2D eigenvalue weighted by molar-refractivity contribution is -0.139. The van der Waals surface area contributed by atoms with Gasteiger partial charge in [-0.2, -0.15) is 0 Å². The van der Waals surface area contributed by atoms with Crippen molar-refractivity contribution in [3.8, 4) is 0 Å². The first-order chi connectivity index (χ1) is 8.08. The number of carbonyl (C=O) groups excluding carboxylic acids is 1. The van der Waals surface area contributed by atoms with Gasteiger partial charge in [-0.05, 0) is 28.1 Å². The third-order valence-corrected chi connectivity index (χ3v) is 3.31. The molecule has 17 heavy (non-hydrogen) atoms. The second-order valence-corrected chi connectivity index (χ2v) is 4.86. The molecule has 90 valence electrons. The summed E-state index contributed by atoms with van der Waals surface area (Å²) in [5.41, 5.74) is 0.376. The molecule has 2 heterocycles. The fraction of sp³-hybridized carbons (Fsp3) is 0.364. The Morgan fingerprint density at radius 2 is 2.24 bits per heavy atom. The van der Waals surface area contributed by atoms with E-state index in [4.69, 9.17) is 5.11 Å². The minimum Gasteiger partial charge on any atom is -0.481 e. The van der Waals surface area contributed by atoms with Crippen LogP contribution in [0, 0.1) is 5.92 Å². The van der Waals surface area contributed by atoms with E-state index < -0.39 is 5.97 Å². The van der Waals surface area contributed by atoms with Crippen LogP contribution in [0.3, 0.4) is 0 Å². The van der Waals surface area contributed by atoms with Crippen molar-refractivity contribution >= 4 is 27.8 Å². The smallest absolute Gasteiger partial charge is 0.303 e. The molecule has 1 aromatic heterocycles. The lowest BCUT2D eigenvalue weighted by Crippen LogP contribution is -2.50. The zero-order valence-corrected chi connectivity index (χ0v) is 10.6. The number of carboxylic acids is 1. The Labute approximate surface area is 107 Å². The zero-order valence-electron chi connectivity index (χ0n) is 8.97. The molecule has 1 aliphatic heterocycles. The van der Waals surface area contributed by atoms with Crippen LogP contribution >= 0.6 is 15.9 Å². The molecule has 2 rings (SSSR count). The molecule has 0 saturated carbocycles. The van der Waals surface area contributed by atoms with Gasteiger partial charge in [0.15, 0.2) is 0 Å². The maximum atomic E-state index is 12.0. The fourth-order valence-electron chi connectivity index (χ4n) is 1.80. The van der Waals surface area contributed by atoms with Crippen molar-refractivity contribution in [1.29, 1.82) is 0 Å². The highest BCUT2D eigenvalue weighted by atomic mass is 79.9. The summed E-state index contributed by atoms with van der Waals surface area (Å²) in [6.07, 6.45) is 1.68. The SMILES string of the molecule is O=C(O)CC1CN(C(=O)c2ncccc2Br)C1. The largest absolute Gasteiger partial charge is 0.481 e. The fourth-order valence-corrected chi connectivity index (χ4v) is 2.23. The normalized spacial score (nSPS) is 15.5. The van der Waals surface area contributed by atoms with Gasteiger partial charge in [-0.15, -0.1) is 0 Å². The number of pyridine rings is 1. The summed E-state index contributed by atoms with van der Waals surface area (Å²) in [5, 5.41) is 8.61. The predicted molar refractivity (Wildman–Crippen MR) is 63.6 cm³/mol. The minimum atomic E-state index is -0.818. The van der Waals surface area contributed by atoms with Gasteiger partial charge in [-0.1, -0.05) is 0 Å². The highest BCUT2D eigenvalue weighted by Gasteiger charge is 2.33. The number of hydrogen-bond donors (Lipinski definition) is 1. The highest BCUT2D eigenvalue weighted by Crippen LogP contribution is 2.23. The van der Waals surface area contributed by atoms with Crippen molar-refractivity contribution in [2.24, 2.45) is 5.92 Å². The number of halogens is 1. The van der Waals surface area contributed by atoms with E-state index in [-0.39, 0.29) is 18.2 Å². The molecule has 0 aromatic carbocycles. The van der Waals surface area contributed by atoms with Crippen LogP contribution in [0.25, 0.3) is 0 Å². The molecule has 1 aliphatic rings. The van der Waals surface area contributed by atoms with E-state index in [9.17, 15) is 9.59 Å². The number of aliphatic carboxylic acids is 1. The molecule has 0 radical (unpaired) electrons. The molecule has 0 bridgehead atoms. The van der Waals surface area contributed by atoms with Gasteiger partial charge in [0, 0.05) is 29.7 Å². The van der Waals surface area contributed by atoms with Crippen LogP contribution in [0.5, 0.6) is 0 Å². The number of nitrogens with zero attached hydrogens (tertiary/aromatic N) is 2. The van der Waals surface area contributed by atoms with Crippen LogP contribution in [0.1, 0.15) is 16.9 Å². The summed E-state index contributed by atoms with van der Waals surface area (Å²) < 4.78 is 0.659. The van der Waals surface area contributed by atoms with Crippen molar-refractivity contribution in [3.63, 3.8) is 0 Å². The molecule has 1 amide bonds. The predicted octanol–water partition coefficient (Wildman–Crippen LogP) is 1.39. The number of hydrogen-bond acceptors (Lipinski definition) is 3. The first-order valence-electron chi connectivity index (χ1n) is 5.19. The number of amides is 1. The van der Waals surface area contributed by atoms with Crippen LogP contribution in [0.15, 0.2) is 22.8 Å². The van der Waals surface area contributed by atoms with Gasteiger partial charge in [0.1, 0.15) is 5.69 Å². The second kappa shape index (κ2) is 4.83. The third-order valence-electron chi connectivity index (χ3n) is 2.67. The molecule has 1 fully saturated rings. The second-order valence-electron chi connectivity index (χ2n) is 4.01. The van der Waals surface area contributed by atoms with Crippen LogP contribution in [0.2, 0.25) is 0 Å². The molecule has 1 saturated heterocycles. The first kappa shape index (κ1) is 12.0. The summed E-state index contributed by atoms with van der Waals surface area (Å²) in [4.78, 5) is 28.1. The van der Waals surface area contributed by atoms with E-state index in [2.05, 4.69) is 20.9 Å². The molecule has 1 aromatic rings. The topological polar surface area (TPSA) is 70.5 Å². The van der Waals surface area contributed by atoms with Crippen molar-refractivity contribution in [2.45, 2.75) is 6.42 Å². The molecular formula is C11H11BrN2O3. The molecule has 0 unspecified atom stereocenters. The van der Waals surface area contributed by atoms with E-state index in [0.29, 0.717) is 23.3 Å². The standard InChI is InChI=1S/C11H11BrN2O3/c12-8-2-1-3-13-10(8)11(17)14-5-7(6-14)4-9(15)16/h1-3,7H,4-6H2,(H,15,16). The number of rotatable bonds is 3. The summed E-state index contributed by atoms with van der Waals surface area (Å²) in [6, 6.07) is 3.50. The van der Waals surface area contributed by atoms with Gasteiger partial charge < -0.3 is 10.0 Å². The van der Waals surface area contributed by atoms with Crippen LogP contribution in [-0.2, 0) is 4.79 Å². The number of carboxylic acid groups (broad SMARTS) is 1. The Hall–Kier alpha value is -1.43. The van der Waals surface area contributed by atoms with Gasteiger partial charge in [0.2, 0.25) is 0 Å². The number of likely N-dealkylation sites (tertiary alicyclic amines) is 1. The van der Waals surface area contributed by atoms with E-state index in [1.165, 1.54) is 0 Å². The zero-order chi connectivity index (χ0) is 12.4. The Morgan fingerprint density at radius 3 is 2.82 bits per heavy atom. The summed E-state index contributed by atoms with van der Waals surface area (Å²) in [5.74, 6) is -0.904. The summed E-state index contributed by atoms with van der Waals surface area (Å²) in [7, 11) is 0. The number of aromatic nitrogens is 1. The maximum Gasteiger partial charge on any atom is 0.303 e. The van der Waals surface area contributed by atoms with Crippen LogP contribution in [0.4, 0.5) is 0 Å². The van der Waals surface area contributed by atoms with Gasteiger partial charge in [0.05, 0.1) is 6.42 Å². The lowest BCUT2D eigenvalue weighted by Gasteiger charge is -2.38. The minimum absolute atomic E-state index is 0.0685. The molecule has 0 aliphatic carbocycles. The molecule has 5 nitrogen and oxygen atoms in total. The molecule has 6 heteroatoms. The third kappa shape index (κ3) is 2.63. The van der Waals surface area contributed by atoms with Crippen molar-refractivity contribution in [3.05, 3.63) is 28.5 Å². The van der Waals surface area contributed by atoms with Gasteiger partial charge >= 0.3 is 5.97 Å². The van der Waals surface area contributed by atoms with Gasteiger partial charge in [-0.25, -0.2) is 4.98 Å². The maximum absolute atomic E-state index is 12.0. The van der Waals surface area contributed by atoms with E-state index in [1.54, 1.807) is 23.2 Å². The average Bonchev–Trinajstić information content (AvgIpc) is 2.22. The summed E-state index contributed by atoms with van der Waals surface area (Å²) >= 11 is 3.27. The molecular weight excluding hydrogens is 288 g/mol. The monoisotopic (exact) mass is 298 g/mol. The average molecular weight is 299 g/mol. The van der Waals surface area contributed by atoms with Crippen LogP contribution in [-0.4, -0.2) is 40.0 Å². The molecule has 1 N–H and O–H groups in total. The van der Waals surface area contributed by atoms with Crippen molar-refractivity contribution < 1.29 is 14.7 Å². The molecule has 0 spiro atoms.